The molecule has 1 fully saturated rings. The van der Waals surface area contributed by atoms with E-state index in [9.17, 15) is 9.59 Å². The van der Waals surface area contributed by atoms with Gasteiger partial charge in [-0.3, -0.25) is 9.59 Å². The van der Waals surface area contributed by atoms with Crippen LogP contribution < -0.4 is 15.0 Å². The molecule has 6 nitrogen and oxygen atoms in total. The number of carbonyl (C=O) groups excluding carboxylic acids is 2. The van der Waals surface area contributed by atoms with Crippen LogP contribution in [0.3, 0.4) is 0 Å². The average molecular weight is 488 g/mol. The first kappa shape index (κ1) is 23.0. The second-order valence-corrected chi connectivity index (χ2v) is 9.34. The summed E-state index contributed by atoms with van der Waals surface area (Å²) in [6.07, 6.45) is 1.61. The first-order valence-corrected chi connectivity index (χ1v) is 12.0. The Morgan fingerprint density at radius 1 is 1.09 bits per heavy atom. The summed E-state index contributed by atoms with van der Waals surface area (Å²) in [5, 5.41) is 3.36. The fourth-order valence-corrected chi connectivity index (χ4v) is 4.73. The zero-order valence-electron chi connectivity index (χ0n) is 19.6. The van der Waals surface area contributed by atoms with Crippen molar-refractivity contribution in [2.24, 2.45) is 0 Å². The highest BCUT2D eigenvalue weighted by Gasteiger charge is 2.29. The van der Waals surface area contributed by atoms with Crippen LogP contribution in [0.4, 0.5) is 11.4 Å². The lowest BCUT2D eigenvalue weighted by atomic mass is 10.1. The Hall–Kier alpha value is -3.77. The molecule has 3 aromatic rings. The molecule has 0 radical (unpaired) electrons. The fraction of sp³-hybridized carbons (Fsp3) is 0.214. The number of amides is 2. The summed E-state index contributed by atoms with van der Waals surface area (Å²) in [6.45, 7) is 6.23. The fourth-order valence-electron chi connectivity index (χ4n) is 4.54. The van der Waals surface area contributed by atoms with E-state index in [1.807, 2.05) is 23.1 Å². The number of carbonyl (C=O) groups is 2. The third kappa shape index (κ3) is 4.75. The zero-order valence-corrected chi connectivity index (χ0v) is 20.4. The van der Waals surface area contributed by atoms with Gasteiger partial charge in [0.1, 0.15) is 0 Å². The average Bonchev–Trinajstić information content (AvgIpc) is 2.85. The molecule has 2 aliphatic heterocycles. The molecule has 1 N–H and O–H groups in total. The van der Waals surface area contributed by atoms with Gasteiger partial charge in [0.15, 0.2) is 11.5 Å². The number of aryl methyl sites for hydroxylation is 1. The van der Waals surface area contributed by atoms with Crippen LogP contribution in [0.5, 0.6) is 5.75 Å². The molecule has 5 rings (SSSR count). The highest BCUT2D eigenvalue weighted by atomic mass is 35.5. The van der Waals surface area contributed by atoms with Gasteiger partial charge in [-0.25, -0.2) is 0 Å². The molecule has 1 atom stereocenters. The lowest BCUT2D eigenvalue weighted by Gasteiger charge is -2.41. The van der Waals surface area contributed by atoms with E-state index in [0.29, 0.717) is 40.7 Å². The van der Waals surface area contributed by atoms with Crippen LogP contribution in [0, 0.1) is 6.92 Å². The summed E-state index contributed by atoms with van der Waals surface area (Å²) < 4.78 is 5.83. The predicted molar refractivity (Wildman–Crippen MR) is 139 cm³/mol. The Morgan fingerprint density at radius 2 is 1.91 bits per heavy atom. The summed E-state index contributed by atoms with van der Waals surface area (Å²) in [5.41, 5.74) is 4.08. The molecular weight excluding hydrogens is 462 g/mol. The molecule has 0 aromatic heterocycles. The van der Waals surface area contributed by atoms with E-state index < -0.39 is 0 Å². The Bertz CT molecular complexity index is 1340. The van der Waals surface area contributed by atoms with Crippen LogP contribution in [0.2, 0.25) is 5.02 Å². The van der Waals surface area contributed by atoms with Crippen molar-refractivity contribution < 1.29 is 14.3 Å². The maximum Gasteiger partial charge on any atom is 0.291 e. The molecule has 0 bridgehead atoms. The molecule has 0 unspecified atom stereocenters. The van der Waals surface area contributed by atoms with Crippen molar-refractivity contribution in [1.82, 2.24) is 4.90 Å². The maximum atomic E-state index is 13.3. The monoisotopic (exact) mass is 487 g/mol. The van der Waals surface area contributed by atoms with Crippen LogP contribution in [0.15, 0.2) is 72.5 Å². The minimum Gasteiger partial charge on any atom is -0.449 e. The lowest BCUT2D eigenvalue weighted by molar-refractivity contribution is -0.115. The number of nitrogens with zero attached hydrogens (tertiary/aromatic N) is 2. The topological polar surface area (TPSA) is 61.9 Å². The van der Waals surface area contributed by atoms with Crippen molar-refractivity contribution in [1.29, 1.82) is 0 Å². The number of hydrogen-bond donors (Lipinski definition) is 1. The highest BCUT2D eigenvalue weighted by molar-refractivity contribution is 6.32. The van der Waals surface area contributed by atoms with Crippen LogP contribution >= 0.6 is 11.6 Å². The van der Waals surface area contributed by atoms with E-state index in [1.165, 1.54) is 11.3 Å². The van der Waals surface area contributed by atoms with Crippen molar-refractivity contribution in [2.45, 2.75) is 19.9 Å². The standard InChI is InChI=1S/C28H26ClN3O3/c1-18-6-5-8-22(14-18)32-13-12-31(17-19(32)2)28(34)21-10-11-25-24(15-21)30-27(33)26(35-25)16-20-7-3-4-9-23(20)29/h3-11,14-16,19H,12-13,17H2,1-2H3,(H,30,33)/b26-16+/t19-/m1/s1. The minimum atomic E-state index is -0.387. The molecule has 0 spiro atoms. The van der Waals surface area contributed by atoms with Gasteiger partial charge in [-0.2, -0.15) is 0 Å². The summed E-state index contributed by atoms with van der Waals surface area (Å²) in [5.74, 6) is 0.181. The van der Waals surface area contributed by atoms with Crippen molar-refractivity contribution in [2.75, 3.05) is 29.9 Å². The number of fused-ring (bicyclic) bond motifs is 1. The van der Waals surface area contributed by atoms with Gasteiger partial charge in [0.2, 0.25) is 0 Å². The van der Waals surface area contributed by atoms with Crippen molar-refractivity contribution in [3.8, 4) is 5.75 Å². The minimum absolute atomic E-state index is 0.0600. The zero-order chi connectivity index (χ0) is 24.5. The SMILES string of the molecule is Cc1cccc(N2CCN(C(=O)c3ccc4c(c3)NC(=O)/C(=C\c3ccccc3Cl)O4)C[C@H]2C)c1. The molecule has 2 aliphatic rings. The number of piperazine rings is 1. The second kappa shape index (κ2) is 9.47. The molecular formula is C28H26ClN3O3. The molecule has 3 aromatic carbocycles. The molecule has 0 saturated carbocycles. The number of hydrogen-bond acceptors (Lipinski definition) is 4. The van der Waals surface area contributed by atoms with E-state index in [2.05, 4.69) is 48.3 Å². The summed E-state index contributed by atoms with van der Waals surface area (Å²) in [4.78, 5) is 30.1. The molecule has 35 heavy (non-hydrogen) atoms. The largest absolute Gasteiger partial charge is 0.449 e. The van der Waals surface area contributed by atoms with E-state index >= 15 is 0 Å². The molecule has 7 heteroatoms. The van der Waals surface area contributed by atoms with Crippen LogP contribution in [-0.2, 0) is 4.79 Å². The summed E-state index contributed by atoms with van der Waals surface area (Å²) >= 11 is 6.20. The smallest absolute Gasteiger partial charge is 0.291 e. The third-order valence-corrected chi connectivity index (χ3v) is 6.70. The maximum absolute atomic E-state index is 13.3. The van der Waals surface area contributed by atoms with Gasteiger partial charge in [0, 0.05) is 41.9 Å². The van der Waals surface area contributed by atoms with E-state index in [0.717, 1.165) is 6.54 Å². The van der Waals surface area contributed by atoms with Crippen LogP contribution in [0.1, 0.15) is 28.4 Å². The first-order chi connectivity index (χ1) is 16.9. The van der Waals surface area contributed by atoms with E-state index in [-0.39, 0.29) is 23.6 Å². The summed E-state index contributed by atoms with van der Waals surface area (Å²) in [6, 6.07) is 21.0. The molecule has 2 amide bonds. The number of benzene rings is 3. The molecule has 1 saturated heterocycles. The van der Waals surface area contributed by atoms with Gasteiger partial charge in [0.05, 0.1) is 5.69 Å². The van der Waals surface area contributed by atoms with Gasteiger partial charge >= 0.3 is 0 Å². The predicted octanol–water partition coefficient (Wildman–Crippen LogP) is 5.37. The lowest BCUT2D eigenvalue weighted by Crippen LogP contribution is -2.53. The van der Waals surface area contributed by atoms with Gasteiger partial charge < -0.3 is 19.9 Å². The molecule has 178 valence electrons. The van der Waals surface area contributed by atoms with Gasteiger partial charge in [-0.05, 0) is 67.4 Å². The quantitative estimate of drug-likeness (QED) is 0.504. The number of anilines is 2. The first-order valence-electron chi connectivity index (χ1n) is 11.6. The third-order valence-electron chi connectivity index (χ3n) is 6.36. The van der Waals surface area contributed by atoms with Gasteiger partial charge in [-0.1, -0.05) is 41.9 Å². The van der Waals surface area contributed by atoms with Crippen molar-refractivity contribution in [3.05, 3.63) is 94.2 Å². The number of nitrogens with one attached hydrogen (secondary N) is 1. The van der Waals surface area contributed by atoms with E-state index in [1.54, 1.807) is 30.3 Å². The van der Waals surface area contributed by atoms with Gasteiger partial charge in [0.25, 0.3) is 11.8 Å². The number of ether oxygens (including phenoxy) is 1. The van der Waals surface area contributed by atoms with Crippen molar-refractivity contribution in [3.63, 3.8) is 0 Å². The second-order valence-electron chi connectivity index (χ2n) is 8.93. The number of rotatable bonds is 3. The molecule has 0 aliphatic carbocycles. The normalized spacial score (nSPS) is 18.7. The Balaban J connectivity index is 1.30. The Labute approximate surface area is 209 Å². The van der Waals surface area contributed by atoms with Crippen molar-refractivity contribution >= 4 is 40.9 Å². The van der Waals surface area contributed by atoms with Crippen LogP contribution in [-0.4, -0.2) is 42.4 Å². The van der Waals surface area contributed by atoms with Crippen LogP contribution in [0.25, 0.3) is 6.08 Å². The van der Waals surface area contributed by atoms with E-state index in [4.69, 9.17) is 16.3 Å². The molecule has 2 heterocycles. The Morgan fingerprint density at radius 3 is 2.69 bits per heavy atom. The number of halogens is 1. The highest BCUT2D eigenvalue weighted by Crippen LogP contribution is 2.33. The summed E-state index contributed by atoms with van der Waals surface area (Å²) in [7, 11) is 0. The Kier molecular flexibility index (Phi) is 6.22. The van der Waals surface area contributed by atoms with Gasteiger partial charge in [-0.15, -0.1) is 0 Å².